The number of hydrogen-bond acceptors (Lipinski definition) is 5. The number of nitrogens with zero attached hydrogens (tertiary/aromatic N) is 1. The molecule has 2 saturated carbocycles. The van der Waals surface area contributed by atoms with E-state index in [1.807, 2.05) is 0 Å². The van der Waals surface area contributed by atoms with Crippen molar-refractivity contribution in [2.24, 2.45) is 5.92 Å². The van der Waals surface area contributed by atoms with Crippen molar-refractivity contribution in [1.29, 1.82) is 0 Å². The number of carbonyl (C=O) groups excluding carboxylic acids is 2. The number of hydrogen-bond donors (Lipinski definition) is 2. The molecular weight excluding hydrogens is 286 g/mol. The molecule has 1 aliphatic heterocycles. The minimum absolute atomic E-state index is 0.00871. The standard InChI is InChI=1S/C15H19N3O4/c1-7(19)17-11-10(9-4-5-21-14(9)11)18-15(20)12-13(8-2-3-8)22-6-16-12/h6,8-11,14H,2-5H2,1H3,(H,17,19)(H,18,20)/t9-,10+,11-,14-/m0/s1. The van der Waals surface area contributed by atoms with Crippen LogP contribution in [0.4, 0.5) is 0 Å². The second kappa shape index (κ2) is 5.08. The maximum absolute atomic E-state index is 12.5. The first-order valence-electron chi connectivity index (χ1n) is 7.78. The molecule has 0 spiro atoms. The molecular formula is C15H19N3O4. The third-order valence-corrected chi connectivity index (χ3v) is 4.81. The SMILES string of the molecule is CC(=O)N[C@H]1[C@H](NC(=O)c2ncoc2C2CC2)[C@@H]2CCO[C@@H]21. The van der Waals surface area contributed by atoms with Gasteiger partial charge in [-0.2, -0.15) is 0 Å². The van der Waals surface area contributed by atoms with Gasteiger partial charge in [0.05, 0.1) is 18.2 Å². The predicted octanol–water partition coefficient (Wildman–Crippen LogP) is 0.574. The lowest BCUT2D eigenvalue weighted by molar-refractivity contribution is -0.123. The predicted molar refractivity (Wildman–Crippen MR) is 75.2 cm³/mol. The second-order valence-electron chi connectivity index (χ2n) is 6.35. The van der Waals surface area contributed by atoms with Crippen molar-refractivity contribution in [2.45, 2.75) is 50.3 Å². The molecule has 3 fully saturated rings. The van der Waals surface area contributed by atoms with Crippen LogP contribution in [-0.2, 0) is 9.53 Å². The second-order valence-corrected chi connectivity index (χ2v) is 6.35. The molecule has 1 aromatic heterocycles. The van der Waals surface area contributed by atoms with Crippen molar-refractivity contribution in [3.05, 3.63) is 17.8 Å². The third kappa shape index (κ3) is 2.20. The smallest absolute Gasteiger partial charge is 0.273 e. The summed E-state index contributed by atoms with van der Waals surface area (Å²) in [7, 11) is 0. The van der Waals surface area contributed by atoms with E-state index in [4.69, 9.17) is 9.15 Å². The van der Waals surface area contributed by atoms with Gasteiger partial charge in [0, 0.05) is 25.4 Å². The van der Waals surface area contributed by atoms with Gasteiger partial charge in [-0.15, -0.1) is 0 Å². The molecule has 0 aromatic carbocycles. The molecule has 4 rings (SSSR count). The lowest BCUT2D eigenvalue weighted by Gasteiger charge is -2.47. The van der Waals surface area contributed by atoms with Crippen molar-refractivity contribution in [1.82, 2.24) is 15.6 Å². The summed E-state index contributed by atoms with van der Waals surface area (Å²) in [6.45, 7) is 2.15. The van der Waals surface area contributed by atoms with Gasteiger partial charge in [0.1, 0.15) is 5.76 Å². The van der Waals surface area contributed by atoms with Crippen molar-refractivity contribution in [3.8, 4) is 0 Å². The van der Waals surface area contributed by atoms with E-state index in [1.54, 1.807) is 0 Å². The molecule has 3 aliphatic rings. The van der Waals surface area contributed by atoms with Gasteiger partial charge in [0.15, 0.2) is 12.1 Å². The number of amides is 2. The van der Waals surface area contributed by atoms with E-state index in [1.165, 1.54) is 13.3 Å². The summed E-state index contributed by atoms with van der Waals surface area (Å²) in [4.78, 5) is 27.9. The normalized spacial score (nSPS) is 33.0. The minimum atomic E-state index is -0.221. The highest BCUT2D eigenvalue weighted by Crippen LogP contribution is 2.42. The van der Waals surface area contributed by atoms with Crippen LogP contribution in [0.25, 0.3) is 0 Å². The number of oxazole rings is 1. The highest BCUT2D eigenvalue weighted by atomic mass is 16.5. The average Bonchev–Trinajstić information content (AvgIpc) is 3.06. The van der Waals surface area contributed by atoms with Gasteiger partial charge >= 0.3 is 0 Å². The number of aromatic nitrogens is 1. The van der Waals surface area contributed by atoms with Crippen molar-refractivity contribution >= 4 is 11.8 Å². The number of carbonyl (C=O) groups is 2. The van der Waals surface area contributed by atoms with Gasteiger partial charge in [-0.1, -0.05) is 0 Å². The van der Waals surface area contributed by atoms with Gasteiger partial charge in [0.2, 0.25) is 5.91 Å². The molecule has 1 saturated heterocycles. The Bertz CT molecular complexity index is 610. The third-order valence-electron chi connectivity index (χ3n) is 4.81. The van der Waals surface area contributed by atoms with Crippen LogP contribution in [0.2, 0.25) is 0 Å². The molecule has 0 radical (unpaired) electrons. The fourth-order valence-electron chi connectivity index (χ4n) is 3.59. The van der Waals surface area contributed by atoms with E-state index in [-0.39, 0.29) is 35.9 Å². The lowest BCUT2D eigenvalue weighted by atomic mass is 9.71. The molecule has 22 heavy (non-hydrogen) atoms. The highest BCUT2D eigenvalue weighted by molar-refractivity contribution is 5.94. The summed E-state index contributed by atoms with van der Waals surface area (Å²) in [5.41, 5.74) is 0.381. The Morgan fingerprint density at radius 1 is 1.23 bits per heavy atom. The van der Waals surface area contributed by atoms with Gasteiger partial charge in [-0.05, 0) is 19.3 Å². The number of nitrogens with one attached hydrogen (secondary N) is 2. The lowest BCUT2D eigenvalue weighted by Crippen LogP contribution is -2.70. The summed E-state index contributed by atoms with van der Waals surface area (Å²) >= 11 is 0. The van der Waals surface area contributed by atoms with Crippen LogP contribution in [0.5, 0.6) is 0 Å². The van der Waals surface area contributed by atoms with Crippen LogP contribution in [-0.4, -0.2) is 41.6 Å². The molecule has 2 amide bonds. The molecule has 2 aliphatic carbocycles. The molecule has 7 heteroatoms. The zero-order valence-electron chi connectivity index (χ0n) is 12.4. The Labute approximate surface area is 127 Å². The molecule has 7 nitrogen and oxygen atoms in total. The summed E-state index contributed by atoms with van der Waals surface area (Å²) in [6.07, 6.45) is 4.34. The van der Waals surface area contributed by atoms with E-state index in [0.29, 0.717) is 24.0 Å². The van der Waals surface area contributed by atoms with Crippen molar-refractivity contribution in [2.75, 3.05) is 6.61 Å². The monoisotopic (exact) mass is 305 g/mol. The Hall–Kier alpha value is -1.89. The minimum Gasteiger partial charge on any atom is -0.447 e. The molecule has 2 N–H and O–H groups in total. The Kier molecular flexibility index (Phi) is 3.18. The van der Waals surface area contributed by atoms with Crippen LogP contribution >= 0.6 is 0 Å². The van der Waals surface area contributed by atoms with E-state index < -0.39 is 0 Å². The molecule has 0 unspecified atom stereocenters. The van der Waals surface area contributed by atoms with Crippen LogP contribution in [0.15, 0.2) is 10.8 Å². The number of ether oxygens (including phenoxy) is 1. The molecule has 0 bridgehead atoms. The largest absolute Gasteiger partial charge is 0.447 e. The van der Waals surface area contributed by atoms with Crippen molar-refractivity contribution < 1.29 is 18.7 Å². The highest BCUT2D eigenvalue weighted by Gasteiger charge is 2.55. The number of rotatable bonds is 4. The van der Waals surface area contributed by atoms with Gasteiger partial charge in [-0.25, -0.2) is 4.98 Å². The van der Waals surface area contributed by atoms with Gasteiger partial charge in [0.25, 0.3) is 5.91 Å². The molecule has 118 valence electrons. The van der Waals surface area contributed by atoms with Crippen molar-refractivity contribution in [3.63, 3.8) is 0 Å². The fourth-order valence-corrected chi connectivity index (χ4v) is 3.59. The zero-order valence-corrected chi connectivity index (χ0v) is 12.4. The van der Waals surface area contributed by atoms with Crippen LogP contribution in [0.3, 0.4) is 0 Å². The van der Waals surface area contributed by atoms with Crippen LogP contribution in [0.1, 0.15) is 48.4 Å². The van der Waals surface area contributed by atoms with E-state index >= 15 is 0 Å². The van der Waals surface area contributed by atoms with Crippen LogP contribution in [0, 0.1) is 5.92 Å². The number of fused-ring (bicyclic) bond motifs is 1. The van der Waals surface area contributed by atoms with Crippen LogP contribution < -0.4 is 10.6 Å². The summed E-state index contributed by atoms with van der Waals surface area (Å²) < 4.78 is 11.0. The van der Waals surface area contributed by atoms with E-state index in [0.717, 1.165) is 19.3 Å². The summed E-state index contributed by atoms with van der Waals surface area (Å²) in [5.74, 6) is 0.946. The Morgan fingerprint density at radius 2 is 2.05 bits per heavy atom. The average molecular weight is 305 g/mol. The van der Waals surface area contributed by atoms with E-state index in [2.05, 4.69) is 15.6 Å². The topological polar surface area (TPSA) is 93.5 Å². The first-order valence-corrected chi connectivity index (χ1v) is 7.78. The first kappa shape index (κ1) is 13.8. The molecule has 2 heterocycles. The zero-order chi connectivity index (χ0) is 15.3. The molecule has 1 aromatic rings. The maximum Gasteiger partial charge on any atom is 0.273 e. The fraction of sp³-hybridized carbons (Fsp3) is 0.667. The van der Waals surface area contributed by atoms with Gasteiger partial charge < -0.3 is 19.8 Å². The summed E-state index contributed by atoms with van der Waals surface area (Å²) in [5, 5.41) is 5.89. The van der Waals surface area contributed by atoms with E-state index in [9.17, 15) is 9.59 Å². The first-order chi connectivity index (χ1) is 10.6. The quantitative estimate of drug-likeness (QED) is 0.848. The summed E-state index contributed by atoms with van der Waals surface area (Å²) in [6, 6.07) is -0.266. The Balaban J connectivity index is 1.48. The molecule has 4 atom stereocenters. The van der Waals surface area contributed by atoms with Gasteiger partial charge in [-0.3, -0.25) is 9.59 Å². The Morgan fingerprint density at radius 3 is 2.77 bits per heavy atom. The maximum atomic E-state index is 12.5.